The highest BCUT2D eigenvalue weighted by atomic mass is 16.5. The summed E-state index contributed by atoms with van der Waals surface area (Å²) in [7, 11) is 0. The molecule has 2 fully saturated rings. The monoisotopic (exact) mass is 285 g/mol. The van der Waals surface area contributed by atoms with Crippen molar-refractivity contribution in [3.8, 4) is 5.75 Å². The molecule has 112 valence electrons. The molecule has 0 saturated heterocycles. The number of carbonyl (C=O) groups excluding carboxylic acids is 1. The van der Waals surface area contributed by atoms with Gasteiger partial charge in [-0.05, 0) is 44.6 Å². The topological polar surface area (TPSA) is 38.3 Å². The van der Waals surface area contributed by atoms with Gasteiger partial charge in [0.05, 0.1) is 6.04 Å². The van der Waals surface area contributed by atoms with Crippen LogP contribution in [0.3, 0.4) is 0 Å². The molecule has 1 aliphatic heterocycles. The van der Waals surface area contributed by atoms with Crippen molar-refractivity contribution in [3.63, 3.8) is 0 Å². The highest BCUT2D eigenvalue weighted by Crippen LogP contribution is 2.46. The number of benzene rings is 1. The van der Waals surface area contributed by atoms with E-state index in [0.29, 0.717) is 0 Å². The van der Waals surface area contributed by atoms with Crippen LogP contribution in [0.1, 0.15) is 63.0 Å². The standard InChI is InChI=1S/C18H23NO2/c20-17(13-8-9-13)19-15-12-18(10-4-1-5-11-18)21-16-7-3-2-6-14(15)16/h2-3,6-7,13,15H,1,4-5,8-12H2,(H,19,20)/t15-/m0/s1. The van der Waals surface area contributed by atoms with Gasteiger partial charge in [-0.25, -0.2) is 0 Å². The predicted molar refractivity (Wildman–Crippen MR) is 81.1 cm³/mol. The van der Waals surface area contributed by atoms with Gasteiger partial charge < -0.3 is 10.1 Å². The van der Waals surface area contributed by atoms with E-state index in [9.17, 15) is 4.79 Å². The maximum atomic E-state index is 12.2. The second-order valence-corrected chi connectivity index (χ2v) is 6.92. The van der Waals surface area contributed by atoms with Gasteiger partial charge in [0.15, 0.2) is 0 Å². The van der Waals surface area contributed by atoms with Crippen LogP contribution in [-0.2, 0) is 4.79 Å². The summed E-state index contributed by atoms with van der Waals surface area (Å²) in [5, 5.41) is 3.29. The molecule has 1 aromatic carbocycles. The van der Waals surface area contributed by atoms with Gasteiger partial charge in [-0.1, -0.05) is 24.6 Å². The van der Waals surface area contributed by atoms with Gasteiger partial charge in [-0.3, -0.25) is 4.79 Å². The molecule has 0 radical (unpaired) electrons. The van der Waals surface area contributed by atoms with Crippen LogP contribution in [0.4, 0.5) is 0 Å². The molecule has 3 nitrogen and oxygen atoms in total. The molecule has 1 atom stereocenters. The largest absolute Gasteiger partial charge is 0.487 e. The van der Waals surface area contributed by atoms with Crippen molar-refractivity contribution in [2.45, 2.75) is 63.0 Å². The van der Waals surface area contributed by atoms with E-state index in [1.54, 1.807) is 0 Å². The van der Waals surface area contributed by atoms with Gasteiger partial charge in [0.2, 0.25) is 5.91 Å². The third kappa shape index (κ3) is 2.54. The minimum absolute atomic E-state index is 0.0475. The summed E-state index contributed by atoms with van der Waals surface area (Å²) in [6.45, 7) is 0. The van der Waals surface area contributed by atoms with Gasteiger partial charge in [-0.15, -0.1) is 0 Å². The highest BCUT2D eigenvalue weighted by Gasteiger charge is 2.43. The Bertz CT molecular complexity index is 544. The molecule has 2 aliphatic carbocycles. The van der Waals surface area contributed by atoms with E-state index in [1.165, 1.54) is 19.3 Å². The Hall–Kier alpha value is -1.51. The van der Waals surface area contributed by atoms with Crippen molar-refractivity contribution < 1.29 is 9.53 Å². The highest BCUT2D eigenvalue weighted by molar-refractivity contribution is 5.81. The van der Waals surface area contributed by atoms with E-state index in [-0.39, 0.29) is 23.5 Å². The summed E-state index contributed by atoms with van der Waals surface area (Å²) in [5.41, 5.74) is 1.11. The normalized spacial score (nSPS) is 26.8. The Morgan fingerprint density at radius 1 is 1.14 bits per heavy atom. The summed E-state index contributed by atoms with van der Waals surface area (Å²) in [6.07, 6.45) is 9.09. The maximum Gasteiger partial charge on any atom is 0.223 e. The lowest BCUT2D eigenvalue weighted by Gasteiger charge is -2.44. The molecule has 3 aliphatic rings. The Kier molecular flexibility index (Phi) is 3.16. The minimum Gasteiger partial charge on any atom is -0.487 e. The van der Waals surface area contributed by atoms with Crippen molar-refractivity contribution >= 4 is 5.91 Å². The molecule has 0 bridgehead atoms. The van der Waals surface area contributed by atoms with Crippen LogP contribution in [0.5, 0.6) is 5.75 Å². The number of carbonyl (C=O) groups is 1. The fourth-order valence-electron chi connectivity index (χ4n) is 3.88. The lowest BCUT2D eigenvalue weighted by molar-refractivity contribution is -0.123. The number of hydrogen-bond acceptors (Lipinski definition) is 2. The van der Waals surface area contributed by atoms with Gasteiger partial charge in [0.1, 0.15) is 11.4 Å². The Morgan fingerprint density at radius 2 is 1.90 bits per heavy atom. The van der Waals surface area contributed by atoms with Gasteiger partial charge in [-0.2, -0.15) is 0 Å². The van der Waals surface area contributed by atoms with Crippen LogP contribution in [0.2, 0.25) is 0 Å². The lowest BCUT2D eigenvalue weighted by atomic mass is 9.77. The van der Waals surface area contributed by atoms with E-state index in [2.05, 4.69) is 17.4 Å². The van der Waals surface area contributed by atoms with Crippen LogP contribution in [0.15, 0.2) is 24.3 Å². The SMILES string of the molecule is O=C(N[C@H]1CC2(CCCCC2)Oc2ccccc21)C1CC1. The van der Waals surface area contributed by atoms with Crippen molar-refractivity contribution in [3.05, 3.63) is 29.8 Å². The molecule has 1 heterocycles. The summed E-state index contributed by atoms with van der Waals surface area (Å²) in [5.74, 6) is 1.48. The Labute approximate surface area is 126 Å². The molecule has 1 aromatic rings. The summed E-state index contributed by atoms with van der Waals surface area (Å²) < 4.78 is 6.40. The van der Waals surface area contributed by atoms with E-state index in [4.69, 9.17) is 4.74 Å². The van der Waals surface area contributed by atoms with E-state index in [1.807, 2.05) is 12.1 Å². The second-order valence-electron chi connectivity index (χ2n) is 6.92. The third-order valence-electron chi connectivity index (χ3n) is 5.23. The fraction of sp³-hybridized carbons (Fsp3) is 0.611. The van der Waals surface area contributed by atoms with Crippen molar-refractivity contribution in [1.82, 2.24) is 5.32 Å². The minimum atomic E-state index is -0.0475. The first-order chi connectivity index (χ1) is 10.3. The first-order valence-corrected chi connectivity index (χ1v) is 8.34. The average Bonchev–Trinajstić information content (AvgIpc) is 3.32. The predicted octanol–water partition coefficient (Wildman–Crippen LogP) is 3.74. The molecule has 4 rings (SSSR count). The Balaban J connectivity index is 1.62. The van der Waals surface area contributed by atoms with E-state index >= 15 is 0 Å². The average molecular weight is 285 g/mol. The molecule has 1 spiro atoms. The number of nitrogens with one attached hydrogen (secondary N) is 1. The number of ether oxygens (including phenoxy) is 1. The zero-order valence-corrected chi connectivity index (χ0v) is 12.4. The summed E-state index contributed by atoms with van der Waals surface area (Å²) in [4.78, 5) is 12.2. The first kappa shape index (κ1) is 13.2. The molecule has 1 N–H and O–H groups in total. The van der Waals surface area contributed by atoms with Gasteiger partial charge in [0.25, 0.3) is 0 Å². The molecule has 0 aromatic heterocycles. The third-order valence-corrected chi connectivity index (χ3v) is 5.23. The number of fused-ring (bicyclic) bond motifs is 1. The van der Waals surface area contributed by atoms with Crippen LogP contribution in [0.25, 0.3) is 0 Å². The molecular formula is C18H23NO2. The Morgan fingerprint density at radius 3 is 2.67 bits per heavy atom. The number of rotatable bonds is 2. The zero-order valence-electron chi connectivity index (χ0n) is 12.4. The lowest BCUT2D eigenvalue weighted by Crippen LogP contribution is -2.46. The van der Waals surface area contributed by atoms with Crippen LogP contribution >= 0.6 is 0 Å². The smallest absolute Gasteiger partial charge is 0.223 e. The fourth-order valence-corrected chi connectivity index (χ4v) is 3.88. The van der Waals surface area contributed by atoms with Crippen molar-refractivity contribution in [1.29, 1.82) is 0 Å². The molecule has 3 heteroatoms. The number of amides is 1. The maximum absolute atomic E-state index is 12.2. The molecule has 0 unspecified atom stereocenters. The summed E-state index contributed by atoms with van der Waals surface area (Å²) in [6, 6.07) is 8.35. The molecule has 21 heavy (non-hydrogen) atoms. The molecular weight excluding hydrogens is 262 g/mol. The molecule has 2 saturated carbocycles. The summed E-state index contributed by atoms with van der Waals surface area (Å²) >= 11 is 0. The first-order valence-electron chi connectivity index (χ1n) is 8.34. The number of para-hydroxylation sites is 1. The van der Waals surface area contributed by atoms with Crippen LogP contribution < -0.4 is 10.1 Å². The van der Waals surface area contributed by atoms with Gasteiger partial charge in [0, 0.05) is 17.9 Å². The van der Waals surface area contributed by atoms with Crippen LogP contribution in [-0.4, -0.2) is 11.5 Å². The zero-order chi connectivity index (χ0) is 14.3. The second kappa shape index (κ2) is 5.04. The van der Waals surface area contributed by atoms with Crippen molar-refractivity contribution in [2.24, 2.45) is 5.92 Å². The van der Waals surface area contributed by atoms with E-state index < -0.39 is 0 Å². The van der Waals surface area contributed by atoms with Crippen molar-refractivity contribution in [2.75, 3.05) is 0 Å². The van der Waals surface area contributed by atoms with Gasteiger partial charge >= 0.3 is 0 Å². The quantitative estimate of drug-likeness (QED) is 0.899. The van der Waals surface area contributed by atoms with E-state index in [0.717, 1.165) is 43.4 Å². The molecule has 1 amide bonds. The number of hydrogen-bond donors (Lipinski definition) is 1. The van der Waals surface area contributed by atoms with Crippen LogP contribution in [0, 0.1) is 5.92 Å².